The van der Waals surface area contributed by atoms with Crippen molar-refractivity contribution in [3.8, 4) is 0 Å². The molecule has 2 aliphatic rings. The van der Waals surface area contributed by atoms with Crippen LogP contribution in [0.4, 0.5) is 0 Å². The van der Waals surface area contributed by atoms with Gasteiger partial charge in [0, 0.05) is 30.6 Å². The zero-order chi connectivity index (χ0) is 9.80. The molecular weight excluding hydrogens is 192 g/mol. The highest BCUT2D eigenvalue weighted by Crippen LogP contribution is 2.17. The predicted molar refractivity (Wildman–Crippen MR) is 64.0 cm³/mol. The molecule has 1 atom stereocenters. The molecular formula is C11H22N2S. The minimum atomic E-state index is 0.752. The molecule has 82 valence electrons. The molecule has 2 fully saturated rings. The second kappa shape index (κ2) is 5.38. The number of hydrogen-bond acceptors (Lipinski definition) is 3. The highest BCUT2D eigenvalue weighted by molar-refractivity contribution is 7.99. The van der Waals surface area contributed by atoms with Crippen LogP contribution >= 0.6 is 11.8 Å². The van der Waals surface area contributed by atoms with E-state index in [4.69, 9.17) is 0 Å². The van der Waals surface area contributed by atoms with Crippen LogP contribution in [0.25, 0.3) is 0 Å². The highest BCUT2D eigenvalue weighted by atomic mass is 32.2. The quantitative estimate of drug-likeness (QED) is 0.748. The summed E-state index contributed by atoms with van der Waals surface area (Å²) < 4.78 is 0. The Morgan fingerprint density at radius 2 is 2.14 bits per heavy atom. The summed E-state index contributed by atoms with van der Waals surface area (Å²) in [5, 5.41) is 3.62. The number of hydrogen-bond donors (Lipinski definition) is 1. The summed E-state index contributed by atoms with van der Waals surface area (Å²) in [5.41, 5.74) is 0. The summed E-state index contributed by atoms with van der Waals surface area (Å²) in [7, 11) is 0. The minimum Gasteiger partial charge on any atom is -0.311 e. The van der Waals surface area contributed by atoms with E-state index in [0.717, 1.165) is 12.0 Å². The molecule has 2 aliphatic heterocycles. The summed E-state index contributed by atoms with van der Waals surface area (Å²) in [6.45, 7) is 7.51. The van der Waals surface area contributed by atoms with Crippen molar-refractivity contribution in [2.75, 3.05) is 37.7 Å². The first-order valence-corrected chi connectivity index (χ1v) is 7.03. The van der Waals surface area contributed by atoms with Gasteiger partial charge in [-0.3, -0.25) is 0 Å². The molecule has 3 heteroatoms. The van der Waals surface area contributed by atoms with Crippen LogP contribution in [0.5, 0.6) is 0 Å². The average Bonchev–Trinajstić information content (AvgIpc) is 2.23. The number of nitrogens with zero attached hydrogens (tertiary/aromatic N) is 1. The van der Waals surface area contributed by atoms with Crippen molar-refractivity contribution in [3.05, 3.63) is 0 Å². The molecule has 2 saturated heterocycles. The molecule has 14 heavy (non-hydrogen) atoms. The van der Waals surface area contributed by atoms with Crippen LogP contribution in [-0.2, 0) is 0 Å². The SMILES string of the molecule is CC1CCN(CC2CSCCN2)CC1. The third-order valence-electron chi connectivity index (χ3n) is 3.35. The summed E-state index contributed by atoms with van der Waals surface area (Å²) in [6, 6.07) is 0.752. The number of nitrogens with one attached hydrogen (secondary N) is 1. The van der Waals surface area contributed by atoms with E-state index in [-0.39, 0.29) is 0 Å². The number of piperidine rings is 1. The van der Waals surface area contributed by atoms with E-state index in [0.29, 0.717) is 0 Å². The normalized spacial score (nSPS) is 31.9. The molecule has 0 amide bonds. The van der Waals surface area contributed by atoms with Crippen LogP contribution in [0.1, 0.15) is 19.8 Å². The third-order valence-corrected chi connectivity index (χ3v) is 4.48. The lowest BCUT2D eigenvalue weighted by molar-refractivity contribution is 0.179. The van der Waals surface area contributed by atoms with Gasteiger partial charge < -0.3 is 10.2 Å². The molecule has 0 aromatic heterocycles. The van der Waals surface area contributed by atoms with Crippen molar-refractivity contribution in [3.63, 3.8) is 0 Å². The zero-order valence-electron chi connectivity index (χ0n) is 9.17. The Labute approximate surface area is 91.8 Å². The molecule has 1 N–H and O–H groups in total. The van der Waals surface area contributed by atoms with E-state index in [2.05, 4.69) is 28.9 Å². The summed E-state index contributed by atoms with van der Waals surface area (Å²) in [6.07, 6.45) is 2.81. The fraction of sp³-hybridized carbons (Fsp3) is 1.00. The Hall–Kier alpha value is 0.270. The maximum absolute atomic E-state index is 3.62. The Kier molecular flexibility index (Phi) is 4.14. The van der Waals surface area contributed by atoms with Crippen molar-refractivity contribution >= 4 is 11.8 Å². The maximum Gasteiger partial charge on any atom is 0.0285 e. The first kappa shape index (κ1) is 10.8. The van der Waals surface area contributed by atoms with Gasteiger partial charge in [-0.25, -0.2) is 0 Å². The molecule has 1 unspecified atom stereocenters. The predicted octanol–water partition coefficient (Wildman–Crippen LogP) is 1.42. The first-order chi connectivity index (χ1) is 6.84. The summed E-state index contributed by atoms with van der Waals surface area (Å²) in [5.74, 6) is 3.57. The molecule has 0 saturated carbocycles. The molecule has 0 bridgehead atoms. The fourth-order valence-corrected chi connectivity index (χ4v) is 3.23. The standard InChI is InChI=1S/C11H22N2S/c1-10-2-5-13(6-3-10)8-11-9-14-7-4-12-11/h10-12H,2-9H2,1H3. The highest BCUT2D eigenvalue weighted by Gasteiger charge is 2.20. The largest absolute Gasteiger partial charge is 0.311 e. The monoisotopic (exact) mass is 214 g/mol. The van der Waals surface area contributed by atoms with Crippen LogP contribution in [0.2, 0.25) is 0 Å². The van der Waals surface area contributed by atoms with Crippen LogP contribution in [-0.4, -0.2) is 48.6 Å². The van der Waals surface area contributed by atoms with Crippen molar-refractivity contribution < 1.29 is 0 Å². The van der Waals surface area contributed by atoms with Gasteiger partial charge in [0.15, 0.2) is 0 Å². The summed E-state index contributed by atoms with van der Waals surface area (Å²) >= 11 is 2.10. The van der Waals surface area contributed by atoms with Gasteiger partial charge in [-0.05, 0) is 31.8 Å². The molecule has 0 aromatic rings. The molecule has 2 heterocycles. The Bertz CT molecular complexity index is 161. The Morgan fingerprint density at radius 1 is 1.36 bits per heavy atom. The van der Waals surface area contributed by atoms with Gasteiger partial charge >= 0.3 is 0 Å². The lowest BCUT2D eigenvalue weighted by Gasteiger charge is -2.34. The van der Waals surface area contributed by atoms with Gasteiger partial charge in [-0.1, -0.05) is 6.92 Å². The van der Waals surface area contributed by atoms with Crippen LogP contribution in [0, 0.1) is 5.92 Å². The fourth-order valence-electron chi connectivity index (χ4n) is 2.29. The molecule has 2 rings (SSSR count). The van der Waals surface area contributed by atoms with E-state index in [1.807, 2.05) is 0 Å². The van der Waals surface area contributed by atoms with E-state index in [1.54, 1.807) is 0 Å². The van der Waals surface area contributed by atoms with E-state index < -0.39 is 0 Å². The van der Waals surface area contributed by atoms with Crippen molar-refractivity contribution in [1.29, 1.82) is 0 Å². The minimum absolute atomic E-state index is 0.752. The van der Waals surface area contributed by atoms with Crippen molar-refractivity contribution in [2.24, 2.45) is 5.92 Å². The van der Waals surface area contributed by atoms with Crippen molar-refractivity contribution in [2.45, 2.75) is 25.8 Å². The van der Waals surface area contributed by atoms with E-state index >= 15 is 0 Å². The molecule has 2 nitrogen and oxygen atoms in total. The Morgan fingerprint density at radius 3 is 2.79 bits per heavy atom. The second-order valence-corrected chi connectivity index (χ2v) is 5.86. The maximum atomic E-state index is 3.62. The molecule has 0 aromatic carbocycles. The van der Waals surface area contributed by atoms with Gasteiger partial charge in [0.25, 0.3) is 0 Å². The van der Waals surface area contributed by atoms with Gasteiger partial charge in [0.2, 0.25) is 0 Å². The smallest absolute Gasteiger partial charge is 0.0285 e. The van der Waals surface area contributed by atoms with Crippen LogP contribution in [0.15, 0.2) is 0 Å². The molecule has 0 spiro atoms. The van der Waals surface area contributed by atoms with Crippen molar-refractivity contribution in [1.82, 2.24) is 10.2 Å². The van der Waals surface area contributed by atoms with Crippen LogP contribution in [0.3, 0.4) is 0 Å². The lowest BCUT2D eigenvalue weighted by atomic mass is 9.99. The average molecular weight is 214 g/mol. The van der Waals surface area contributed by atoms with E-state index in [9.17, 15) is 0 Å². The third kappa shape index (κ3) is 3.14. The number of thioether (sulfide) groups is 1. The first-order valence-electron chi connectivity index (χ1n) is 5.88. The summed E-state index contributed by atoms with van der Waals surface area (Å²) in [4.78, 5) is 2.64. The number of likely N-dealkylation sites (tertiary alicyclic amines) is 1. The van der Waals surface area contributed by atoms with Gasteiger partial charge in [-0.2, -0.15) is 11.8 Å². The lowest BCUT2D eigenvalue weighted by Crippen LogP contribution is -2.47. The number of rotatable bonds is 2. The second-order valence-electron chi connectivity index (χ2n) is 4.71. The topological polar surface area (TPSA) is 15.3 Å². The van der Waals surface area contributed by atoms with E-state index in [1.165, 1.54) is 50.5 Å². The van der Waals surface area contributed by atoms with Gasteiger partial charge in [0.1, 0.15) is 0 Å². The Balaban J connectivity index is 1.68. The van der Waals surface area contributed by atoms with Gasteiger partial charge in [-0.15, -0.1) is 0 Å². The molecule has 0 radical (unpaired) electrons. The zero-order valence-corrected chi connectivity index (χ0v) is 9.98. The van der Waals surface area contributed by atoms with Gasteiger partial charge in [0.05, 0.1) is 0 Å². The molecule has 0 aliphatic carbocycles. The van der Waals surface area contributed by atoms with Crippen LogP contribution < -0.4 is 5.32 Å².